The van der Waals surface area contributed by atoms with Gasteiger partial charge in [0.15, 0.2) is 0 Å². The molecule has 3 rings (SSSR count). The van der Waals surface area contributed by atoms with E-state index in [-0.39, 0.29) is 11.4 Å². The Bertz CT molecular complexity index is 1180. The predicted octanol–water partition coefficient (Wildman–Crippen LogP) is 4.69. The van der Waals surface area contributed by atoms with Gasteiger partial charge in [0.1, 0.15) is 11.8 Å². The molecule has 0 aliphatic carbocycles. The van der Waals surface area contributed by atoms with Gasteiger partial charge in [-0.2, -0.15) is 0 Å². The highest BCUT2D eigenvalue weighted by Crippen LogP contribution is 2.32. The van der Waals surface area contributed by atoms with Crippen LogP contribution in [0.2, 0.25) is 5.02 Å². The summed E-state index contributed by atoms with van der Waals surface area (Å²) in [5.74, 6) is -0.00617. The fourth-order valence-electron chi connectivity index (χ4n) is 3.40. The van der Waals surface area contributed by atoms with Gasteiger partial charge in [-0.1, -0.05) is 54.9 Å². The molecule has 0 aliphatic heterocycles. The molecule has 8 heteroatoms. The van der Waals surface area contributed by atoms with Crippen LogP contribution in [0.15, 0.2) is 60.7 Å². The maximum absolute atomic E-state index is 13.2. The first-order valence-electron chi connectivity index (χ1n) is 9.37. The van der Waals surface area contributed by atoms with Crippen molar-refractivity contribution in [1.29, 1.82) is 0 Å². The van der Waals surface area contributed by atoms with Gasteiger partial charge in [0.05, 0.1) is 24.1 Å². The van der Waals surface area contributed by atoms with Gasteiger partial charge >= 0.3 is 0 Å². The molecule has 3 aromatic carbocycles. The number of nitrogens with zero attached hydrogens (tertiary/aromatic N) is 1. The molecule has 1 N–H and O–H groups in total. The minimum absolute atomic E-state index is 0.257. The van der Waals surface area contributed by atoms with E-state index >= 15 is 0 Å². The van der Waals surface area contributed by atoms with E-state index in [2.05, 4.69) is 5.32 Å². The highest BCUT2D eigenvalue weighted by Gasteiger charge is 2.32. The van der Waals surface area contributed by atoms with Crippen molar-refractivity contribution in [3.63, 3.8) is 0 Å². The average Bonchev–Trinajstić information content (AvgIpc) is 2.71. The van der Waals surface area contributed by atoms with Crippen LogP contribution < -0.4 is 14.4 Å². The van der Waals surface area contributed by atoms with Crippen LogP contribution >= 0.6 is 11.6 Å². The number of anilines is 2. The van der Waals surface area contributed by atoms with Gasteiger partial charge in [0.2, 0.25) is 15.9 Å². The Hall–Kier alpha value is -2.77. The number of hydrogen-bond acceptors (Lipinski definition) is 4. The van der Waals surface area contributed by atoms with E-state index in [1.807, 2.05) is 36.4 Å². The molecule has 0 fully saturated rings. The third kappa shape index (κ3) is 4.52. The fourth-order valence-corrected chi connectivity index (χ4v) is 4.86. The second-order valence-corrected chi connectivity index (χ2v) is 9.08. The molecule has 0 spiro atoms. The van der Waals surface area contributed by atoms with E-state index < -0.39 is 22.0 Å². The van der Waals surface area contributed by atoms with Gasteiger partial charge in [-0.15, -0.1) is 0 Å². The summed E-state index contributed by atoms with van der Waals surface area (Å²) < 4.78 is 31.5. The van der Waals surface area contributed by atoms with Crippen molar-refractivity contribution in [2.75, 3.05) is 23.0 Å². The lowest BCUT2D eigenvalue weighted by atomic mass is 10.1. The Morgan fingerprint density at radius 3 is 2.47 bits per heavy atom. The zero-order chi connectivity index (χ0) is 21.9. The number of methoxy groups -OCH3 is 1. The minimum Gasteiger partial charge on any atom is -0.495 e. The molecule has 0 aromatic heterocycles. The molecule has 0 radical (unpaired) electrons. The number of fused-ring (bicyclic) bond motifs is 1. The molecule has 158 valence electrons. The molecule has 1 unspecified atom stereocenters. The van der Waals surface area contributed by atoms with Crippen LogP contribution in [0, 0.1) is 0 Å². The van der Waals surface area contributed by atoms with Crippen molar-refractivity contribution in [3.8, 4) is 5.75 Å². The van der Waals surface area contributed by atoms with Crippen LogP contribution in [0.1, 0.15) is 13.3 Å². The van der Waals surface area contributed by atoms with Gasteiger partial charge in [0.25, 0.3) is 0 Å². The van der Waals surface area contributed by atoms with Crippen LogP contribution in [0.25, 0.3) is 10.8 Å². The lowest BCUT2D eigenvalue weighted by molar-refractivity contribution is -0.117. The highest BCUT2D eigenvalue weighted by molar-refractivity contribution is 7.92. The zero-order valence-electron chi connectivity index (χ0n) is 16.9. The van der Waals surface area contributed by atoms with Crippen molar-refractivity contribution in [2.45, 2.75) is 19.4 Å². The van der Waals surface area contributed by atoms with Crippen LogP contribution in [0.3, 0.4) is 0 Å². The Labute approximate surface area is 181 Å². The summed E-state index contributed by atoms with van der Waals surface area (Å²) in [5, 5.41) is 5.00. The quantitative estimate of drug-likeness (QED) is 0.571. The van der Waals surface area contributed by atoms with E-state index in [1.54, 1.807) is 25.1 Å². The first-order valence-corrected chi connectivity index (χ1v) is 11.6. The predicted molar refractivity (Wildman–Crippen MR) is 122 cm³/mol. The van der Waals surface area contributed by atoms with Crippen LogP contribution in [-0.4, -0.2) is 33.7 Å². The monoisotopic (exact) mass is 446 g/mol. The number of halogens is 1. The SMILES string of the molecule is CCC(C(=O)Nc1cccc2ccccc12)N(c1ccc(OC)c(Cl)c1)S(C)(=O)=O. The Morgan fingerprint density at radius 1 is 1.13 bits per heavy atom. The Kier molecular flexibility index (Phi) is 6.53. The molecule has 1 atom stereocenters. The van der Waals surface area contributed by atoms with E-state index in [0.29, 0.717) is 17.1 Å². The standard InChI is InChI=1S/C22H23ClN2O4S/c1-4-20(22(26)24-19-11-7-9-15-8-5-6-10-17(15)19)25(30(3,27)28)16-12-13-21(29-2)18(23)14-16/h5-14,20H,4H2,1-3H3,(H,24,26). The van der Waals surface area contributed by atoms with E-state index in [0.717, 1.165) is 21.3 Å². The van der Waals surface area contributed by atoms with Crippen LogP contribution in [-0.2, 0) is 14.8 Å². The van der Waals surface area contributed by atoms with Gasteiger partial charge in [-0.25, -0.2) is 8.42 Å². The summed E-state index contributed by atoms with van der Waals surface area (Å²) in [6.45, 7) is 1.76. The first kappa shape index (κ1) is 21.9. The molecule has 0 bridgehead atoms. The highest BCUT2D eigenvalue weighted by atomic mass is 35.5. The molecule has 30 heavy (non-hydrogen) atoms. The largest absolute Gasteiger partial charge is 0.495 e. The molecule has 0 heterocycles. The lowest BCUT2D eigenvalue weighted by Crippen LogP contribution is -2.47. The number of carbonyl (C=O) groups is 1. The van der Waals surface area contributed by atoms with Gasteiger partial charge in [-0.3, -0.25) is 9.10 Å². The molecule has 0 saturated carbocycles. The number of sulfonamides is 1. The first-order chi connectivity index (χ1) is 14.3. The summed E-state index contributed by atoms with van der Waals surface area (Å²) in [5.41, 5.74) is 0.918. The lowest BCUT2D eigenvalue weighted by Gasteiger charge is -2.30. The van der Waals surface area contributed by atoms with Crippen molar-refractivity contribution >= 4 is 49.7 Å². The number of rotatable bonds is 7. The number of ether oxygens (including phenoxy) is 1. The third-order valence-corrected chi connectivity index (χ3v) is 6.24. The normalized spacial score (nSPS) is 12.4. The Morgan fingerprint density at radius 2 is 1.83 bits per heavy atom. The van der Waals surface area contributed by atoms with Crippen molar-refractivity contribution < 1.29 is 17.9 Å². The van der Waals surface area contributed by atoms with E-state index in [4.69, 9.17) is 16.3 Å². The summed E-state index contributed by atoms with van der Waals surface area (Å²) in [4.78, 5) is 13.2. The zero-order valence-corrected chi connectivity index (χ0v) is 18.5. The number of benzene rings is 3. The molecular weight excluding hydrogens is 424 g/mol. The minimum atomic E-state index is -3.77. The molecule has 3 aromatic rings. The topological polar surface area (TPSA) is 75.7 Å². The maximum atomic E-state index is 13.2. The van der Waals surface area contributed by atoms with Gasteiger partial charge in [0, 0.05) is 11.1 Å². The third-order valence-electron chi connectivity index (χ3n) is 4.77. The number of amides is 1. The summed E-state index contributed by atoms with van der Waals surface area (Å²) >= 11 is 6.20. The van der Waals surface area contributed by atoms with Gasteiger partial charge < -0.3 is 10.1 Å². The molecule has 0 aliphatic rings. The average molecular weight is 447 g/mol. The molecule has 1 amide bonds. The molecule has 6 nitrogen and oxygen atoms in total. The maximum Gasteiger partial charge on any atom is 0.248 e. The van der Waals surface area contributed by atoms with Crippen molar-refractivity contribution in [3.05, 3.63) is 65.7 Å². The molecular formula is C22H23ClN2O4S. The fraction of sp³-hybridized carbons (Fsp3) is 0.227. The number of hydrogen-bond donors (Lipinski definition) is 1. The van der Waals surface area contributed by atoms with Crippen LogP contribution in [0.5, 0.6) is 5.75 Å². The number of carbonyl (C=O) groups excluding carboxylic acids is 1. The van der Waals surface area contributed by atoms with Crippen LogP contribution in [0.4, 0.5) is 11.4 Å². The second-order valence-electron chi connectivity index (χ2n) is 6.82. The Balaban J connectivity index is 1.99. The van der Waals surface area contributed by atoms with Gasteiger partial charge in [-0.05, 0) is 36.1 Å². The van der Waals surface area contributed by atoms with Crippen molar-refractivity contribution in [1.82, 2.24) is 0 Å². The summed E-state index contributed by atoms with van der Waals surface area (Å²) in [7, 11) is -2.30. The molecule has 0 saturated heterocycles. The smallest absolute Gasteiger partial charge is 0.248 e. The number of nitrogens with one attached hydrogen (secondary N) is 1. The summed E-state index contributed by atoms with van der Waals surface area (Å²) in [6, 6.07) is 16.9. The van der Waals surface area contributed by atoms with E-state index in [9.17, 15) is 13.2 Å². The van der Waals surface area contributed by atoms with Crippen molar-refractivity contribution in [2.24, 2.45) is 0 Å². The second kappa shape index (κ2) is 8.93. The van der Waals surface area contributed by atoms with E-state index in [1.165, 1.54) is 13.2 Å². The summed E-state index contributed by atoms with van der Waals surface area (Å²) in [6.07, 6.45) is 1.34.